The van der Waals surface area contributed by atoms with Crippen LogP contribution in [0.5, 0.6) is 17.2 Å². The van der Waals surface area contributed by atoms with E-state index in [0.29, 0.717) is 0 Å². The molecule has 0 atom stereocenters. The number of nitrogens with two attached hydrogens (primary N) is 1. The van der Waals surface area contributed by atoms with Crippen LogP contribution in [0.1, 0.15) is 10.4 Å². The number of nitrogens with one attached hydrogen (secondary N) is 1. The van der Waals surface area contributed by atoms with E-state index in [1.165, 1.54) is 42.7 Å². The van der Waals surface area contributed by atoms with E-state index in [-0.39, 0.29) is 33.7 Å². The van der Waals surface area contributed by atoms with Gasteiger partial charge in [0.25, 0.3) is 11.5 Å². The maximum atomic E-state index is 14.8. The van der Waals surface area contributed by atoms with Crippen LogP contribution in [0, 0.1) is 11.6 Å². The highest BCUT2D eigenvalue weighted by molar-refractivity contribution is 7.51. The van der Waals surface area contributed by atoms with Crippen LogP contribution in [-0.2, 0) is 4.57 Å². The molecule has 39 heavy (non-hydrogen) atoms. The minimum absolute atomic E-state index is 0.0237. The summed E-state index contributed by atoms with van der Waals surface area (Å²) in [4.78, 5) is 48.5. The van der Waals surface area contributed by atoms with Crippen molar-refractivity contribution in [2.75, 3.05) is 17.4 Å². The molecule has 0 radical (unpaired) electrons. The normalized spacial score (nSPS) is 11.2. The molecule has 5 N–H and O–H groups in total. The third-order valence-electron chi connectivity index (χ3n) is 5.06. The lowest BCUT2D eigenvalue weighted by molar-refractivity contribution is 0.102. The molecule has 0 spiro atoms. The molecule has 2 aromatic carbocycles. The number of amides is 1. The van der Waals surface area contributed by atoms with Crippen LogP contribution in [-0.4, -0.2) is 31.6 Å². The van der Waals surface area contributed by atoms with Crippen LogP contribution in [0.25, 0.3) is 5.69 Å². The van der Waals surface area contributed by atoms with Crippen LogP contribution >= 0.6 is 19.2 Å². The van der Waals surface area contributed by atoms with Crippen molar-refractivity contribution in [2.45, 2.75) is 0 Å². The smallest absolute Gasteiger partial charge is 0.362 e. The number of carbonyl (C=O) groups excluding carboxylic acids is 1. The van der Waals surface area contributed by atoms with Crippen molar-refractivity contribution in [3.63, 3.8) is 0 Å². The molecule has 1 amide bonds. The molecule has 0 aliphatic carbocycles. The number of ether oxygens (including phenoxy) is 2. The SMILES string of the molecule is Nc1nccc(Oc2ccc(NC(=O)c3c(OCP(=O)(O)O)ccn(-c4ccc(F)cc4)c3=O)cc2F)c1Cl. The maximum Gasteiger partial charge on any atom is 0.362 e. The van der Waals surface area contributed by atoms with Gasteiger partial charge in [0, 0.05) is 35.9 Å². The number of hydrogen-bond acceptors (Lipinski definition) is 7. The second-order valence-electron chi connectivity index (χ2n) is 7.85. The summed E-state index contributed by atoms with van der Waals surface area (Å²) in [5.74, 6) is -3.23. The molecule has 0 aliphatic rings. The van der Waals surface area contributed by atoms with Gasteiger partial charge in [-0.2, -0.15) is 0 Å². The highest BCUT2D eigenvalue weighted by Crippen LogP contribution is 2.36. The van der Waals surface area contributed by atoms with Crippen molar-refractivity contribution in [1.82, 2.24) is 9.55 Å². The fraction of sp³-hybridized carbons (Fsp3) is 0.0417. The van der Waals surface area contributed by atoms with E-state index < -0.39 is 48.4 Å². The molecule has 0 saturated heterocycles. The summed E-state index contributed by atoms with van der Waals surface area (Å²) in [6, 6.07) is 10.6. The summed E-state index contributed by atoms with van der Waals surface area (Å²) in [6.07, 6.45) is 1.38. The van der Waals surface area contributed by atoms with Gasteiger partial charge in [-0.15, -0.1) is 0 Å². The van der Waals surface area contributed by atoms with E-state index in [2.05, 4.69) is 10.3 Å². The lowest BCUT2D eigenvalue weighted by Gasteiger charge is -2.15. The topological polar surface area (TPSA) is 166 Å². The molecule has 4 rings (SSSR count). The first-order valence-electron chi connectivity index (χ1n) is 10.8. The number of rotatable bonds is 8. The standard InChI is InChI=1S/C24H18ClF2N4O7P/c25-21-19(7-9-29-22(21)28)38-17-6-3-14(11-16(17)27)30-23(32)20-18(37-12-39(34,35)36)8-10-31(24(20)33)15-4-1-13(26)2-5-15/h1-11H,12H2,(H2,28,29)(H,30,32)(H2,34,35,36). The molecule has 4 aromatic rings. The summed E-state index contributed by atoms with van der Waals surface area (Å²) < 4.78 is 50.9. The van der Waals surface area contributed by atoms with Crippen molar-refractivity contribution in [1.29, 1.82) is 0 Å². The van der Waals surface area contributed by atoms with E-state index >= 15 is 0 Å². The zero-order valence-electron chi connectivity index (χ0n) is 19.5. The van der Waals surface area contributed by atoms with E-state index in [4.69, 9.17) is 36.6 Å². The lowest BCUT2D eigenvalue weighted by Crippen LogP contribution is -2.29. The van der Waals surface area contributed by atoms with Gasteiger partial charge in [0.15, 0.2) is 23.7 Å². The molecule has 0 unspecified atom stereocenters. The highest BCUT2D eigenvalue weighted by atomic mass is 35.5. The molecule has 0 fully saturated rings. The Labute approximate surface area is 223 Å². The summed E-state index contributed by atoms with van der Waals surface area (Å²) >= 11 is 6.01. The van der Waals surface area contributed by atoms with Gasteiger partial charge in [0.05, 0.1) is 0 Å². The fourth-order valence-corrected chi connectivity index (χ4v) is 3.76. The van der Waals surface area contributed by atoms with Gasteiger partial charge in [-0.1, -0.05) is 11.6 Å². The molecule has 2 aromatic heterocycles. The number of benzene rings is 2. The van der Waals surface area contributed by atoms with Crippen LogP contribution in [0.3, 0.4) is 0 Å². The Kier molecular flexibility index (Phi) is 7.98. The van der Waals surface area contributed by atoms with Crippen LogP contribution < -0.4 is 26.1 Å². The van der Waals surface area contributed by atoms with Gasteiger partial charge in [0.1, 0.15) is 28.0 Å². The van der Waals surface area contributed by atoms with Gasteiger partial charge in [-0.05, 0) is 42.5 Å². The Balaban J connectivity index is 1.65. The number of hydrogen-bond donors (Lipinski definition) is 4. The Morgan fingerprint density at radius 2 is 1.79 bits per heavy atom. The van der Waals surface area contributed by atoms with Crippen molar-refractivity contribution in [3.8, 4) is 22.9 Å². The first-order chi connectivity index (χ1) is 18.4. The molecule has 0 bridgehead atoms. The second-order valence-corrected chi connectivity index (χ2v) is 9.82. The molecule has 2 heterocycles. The zero-order valence-corrected chi connectivity index (χ0v) is 21.2. The number of aromatic nitrogens is 2. The minimum atomic E-state index is -4.68. The monoisotopic (exact) mass is 578 g/mol. The Bertz CT molecular complexity index is 1660. The fourth-order valence-electron chi connectivity index (χ4n) is 3.30. The van der Waals surface area contributed by atoms with Crippen molar-refractivity contribution >= 4 is 36.6 Å². The predicted octanol–water partition coefficient (Wildman–Crippen LogP) is 4.30. The minimum Gasteiger partial charge on any atom is -0.480 e. The maximum absolute atomic E-state index is 14.8. The summed E-state index contributed by atoms with van der Waals surface area (Å²) in [5.41, 5.74) is 4.11. The van der Waals surface area contributed by atoms with E-state index in [1.54, 1.807) is 0 Å². The number of halogens is 3. The van der Waals surface area contributed by atoms with Gasteiger partial charge in [0.2, 0.25) is 0 Å². The average molecular weight is 579 g/mol. The Hall–Kier alpha value is -4.29. The molecule has 11 nitrogen and oxygen atoms in total. The Morgan fingerprint density at radius 1 is 1.08 bits per heavy atom. The largest absolute Gasteiger partial charge is 0.480 e. The first-order valence-corrected chi connectivity index (χ1v) is 13.0. The van der Waals surface area contributed by atoms with Crippen LogP contribution in [0.2, 0.25) is 5.02 Å². The number of nitrogen functional groups attached to an aromatic ring is 1. The predicted molar refractivity (Wildman–Crippen MR) is 138 cm³/mol. The summed E-state index contributed by atoms with van der Waals surface area (Å²) in [6.45, 7) is 0. The molecule has 202 valence electrons. The van der Waals surface area contributed by atoms with Gasteiger partial charge < -0.3 is 30.3 Å². The van der Waals surface area contributed by atoms with Gasteiger partial charge in [-0.3, -0.25) is 18.7 Å². The van der Waals surface area contributed by atoms with Crippen LogP contribution in [0.4, 0.5) is 20.3 Å². The quantitative estimate of drug-likeness (QED) is 0.223. The zero-order chi connectivity index (χ0) is 28.3. The van der Waals surface area contributed by atoms with E-state index in [1.807, 2.05) is 0 Å². The van der Waals surface area contributed by atoms with E-state index in [9.17, 15) is 22.9 Å². The number of nitrogens with zero attached hydrogens (tertiary/aromatic N) is 2. The summed E-state index contributed by atoms with van der Waals surface area (Å²) in [7, 11) is -4.68. The molecular formula is C24H18ClF2N4O7P. The first kappa shape index (κ1) is 27.7. The summed E-state index contributed by atoms with van der Waals surface area (Å²) in [5, 5.41) is 2.31. The third-order valence-corrected chi connectivity index (χ3v) is 5.91. The number of anilines is 2. The van der Waals surface area contributed by atoms with Crippen molar-refractivity contribution in [3.05, 3.63) is 99.6 Å². The molecule has 0 saturated carbocycles. The average Bonchev–Trinajstić information content (AvgIpc) is 2.87. The molecular weight excluding hydrogens is 561 g/mol. The van der Waals surface area contributed by atoms with Crippen molar-refractivity contribution < 1.29 is 37.4 Å². The van der Waals surface area contributed by atoms with Crippen LogP contribution in [0.15, 0.2) is 71.8 Å². The lowest BCUT2D eigenvalue weighted by atomic mass is 10.2. The van der Waals surface area contributed by atoms with Crippen molar-refractivity contribution in [2.24, 2.45) is 0 Å². The second kappa shape index (κ2) is 11.2. The third kappa shape index (κ3) is 6.59. The molecule has 0 aliphatic heterocycles. The van der Waals surface area contributed by atoms with Gasteiger partial charge >= 0.3 is 7.60 Å². The number of pyridine rings is 2. The number of carbonyl (C=O) groups is 1. The van der Waals surface area contributed by atoms with Gasteiger partial charge in [-0.25, -0.2) is 13.8 Å². The Morgan fingerprint density at radius 3 is 2.46 bits per heavy atom. The highest BCUT2D eigenvalue weighted by Gasteiger charge is 2.23. The molecule has 15 heteroatoms. The van der Waals surface area contributed by atoms with E-state index in [0.717, 1.165) is 28.8 Å².